The van der Waals surface area contributed by atoms with E-state index in [0.717, 1.165) is 25.7 Å². The van der Waals surface area contributed by atoms with Gasteiger partial charge < -0.3 is 10.2 Å². The lowest BCUT2D eigenvalue weighted by Crippen LogP contribution is -2.31. The first kappa shape index (κ1) is 17.1. The summed E-state index contributed by atoms with van der Waals surface area (Å²) in [5.74, 6) is -0.0677. The summed E-state index contributed by atoms with van der Waals surface area (Å²) in [6.07, 6.45) is 4.42. The van der Waals surface area contributed by atoms with Crippen LogP contribution < -0.4 is 10.2 Å². The highest BCUT2D eigenvalue weighted by molar-refractivity contribution is 6.34. The minimum absolute atomic E-state index is 0.0278. The van der Waals surface area contributed by atoms with E-state index >= 15 is 0 Å². The highest BCUT2D eigenvalue weighted by atomic mass is 35.5. The van der Waals surface area contributed by atoms with E-state index in [9.17, 15) is 9.59 Å². The van der Waals surface area contributed by atoms with Gasteiger partial charge in [0.2, 0.25) is 5.91 Å². The molecule has 2 amide bonds. The van der Waals surface area contributed by atoms with E-state index in [4.69, 9.17) is 11.6 Å². The molecule has 5 heteroatoms. The van der Waals surface area contributed by atoms with Gasteiger partial charge in [0.15, 0.2) is 0 Å². The topological polar surface area (TPSA) is 49.4 Å². The quantitative estimate of drug-likeness (QED) is 0.879. The van der Waals surface area contributed by atoms with Crippen LogP contribution in [0, 0.1) is 0 Å². The molecular weight excluding hydrogens is 348 g/mol. The summed E-state index contributed by atoms with van der Waals surface area (Å²) >= 11 is 6.28. The van der Waals surface area contributed by atoms with Gasteiger partial charge in [-0.2, -0.15) is 0 Å². The first-order chi connectivity index (χ1) is 12.6. The number of anilines is 1. The normalized spacial score (nSPS) is 19.3. The lowest BCUT2D eigenvalue weighted by atomic mass is 9.87. The highest BCUT2D eigenvalue weighted by Gasteiger charge is 2.26. The molecule has 2 aromatic rings. The second-order valence-corrected chi connectivity index (χ2v) is 7.34. The number of benzene rings is 2. The molecule has 1 N–H and O–H groups in total. The van der Waals surface area contributed by atoms with Crippen LogP contribution in [0.2, 0.25) is 5.02 Å². The van der Waals surface area contributed by atoms with Crippen molar-refractivity contribution in [3.8, 4) is 0 Å². The second-order valence-electron chi connectivity index (χ2n) is 6.93. The average Bonchev–Trinajstić information content (AvgIpc) is 3.08. The molecule has 2 aliphatic rings. The SMILES string of the molecule is O=C(N[C@@H]1CCCc2ccccc21)c1ccc(Cl)c(N2CCCC2=O)c1. The number of carbonyl (C=O) groups is 2. The van der Waals surface area contributed by atoms with E-state index in [1.807, 2.05) is 12.1 Å². The Labute approximate surface area is 158 Å². The third kappa shape index (κ3) is 3.21. The number of halogens is 1. The van der Waals surface area contributed by atoms with Gasteiger partial charge in [-0.15, -0.1) is 0 Å². The van der Waals surface area contributed by atoms with Crippen molar-refractivity contribution in [1.82, 2.24) is 5.32 Å². The zero-order valence-electron chi connectivity index (χ0n) is 14.5. The number of hydrogen-bond donors (Lipinski definition) is 1. The number of hydrogen-bond acceptors (Lipinski definition) is 2. The molecule has 0 radical (unpaired) electrons. The van der Waals surface area contributed by atoms with E-state index in [-0.39, 0.29) is 17.9 Å². The van der Waals surface area contributed by atoms with Crippen molar-refractivity contribution in [3.05, 3.63) is 64.2 Å². The summed E-state index contributed by atoms with van der Waals surface area (Å²) in [7, 11) is 0. The summed E-state index contributed by atoms with van der Waals surface area (Å²) in [4.78, 5) is 26.5. The van der Waals surface area contributed by atoms with Crippen molar-refractivity contribution in [2.75, 3.05) is 11.4 Å². The van der Waals surface area contributed by atoms with Crippen molar-refractivity contribution in [2.45, 2.75) is 38.1 Å². The number of fused-ring (bicyclic) bond motifs is 1. The molecule has 4 rings (SSSR count). The standard InChI is InChI=1S/C21H21ClN2O2/c22-17-11-10-15(13-19(17)24-12-4-9-20(24)25)21(26)23-18-8-3-6-14-5-1-2-7-16(14)18/h1-2,5,7,10-11,13,18H,3-4,6,8-9,12H2,(H,23,26)/t18-/m1/s1. The maximum absolute atomic E-state index is 12.8. The summed E-state index contributed by atoms with van der Waals surface area (Å²) in [6, 6.07) is 13.5. The highest BCUT2D eigenvalue weighted by Crippen LogP contribution is 2.32. The Morgan fingerprint density at radius 2 is 1.96 bits per heavy atom. The molecule has 0 unspecified atom stereocenters. The molecule has 2 aromatic carbocycles. The molecule has 0 aromatic heterocycles. The molecule has 1 fully saturated rings. The van der Waals surface area contributed by atoms with Crippen molar-refractivity contribution in [2.24, 2.45) is 0 Å². The maximum atomic E-state index is 12.8. The van der Waals surface area contributed by atoms with Gasteiger partial charge in [-0.05, 0) is 55.0 Å². The minimum atomic E-state index is -0.128. The number of amides is 2. The lowest BCUT2D eigenvalue weighted by Gasteiger charge is -2.26. The zero-order valence-corrected chi connectivity index (χ0v) is 15.3. The molecule has 1 aliphatic heterocycles. The molecule has 134 valence electrons. The van der Waals surface area contributed by atoms with E-state index < -0.39 is 0 Å². The van der Waals surface area contributed by atoms with E-state index in [1.54, 1.807) is 23.1 Å². The Morgan fingerprint density at radius 1 is 1.12 bits per heavy atom. The van der Waals surface area contributed by atoms with Crippen LogP contribution in [0.25, 0.3) is 0 Å². The summed E-state index contributed by atoms with van der Waals surface area (Å²) in [5.41, 5.74) is 3.68. The van der Waals surface area contributed by atoms with Crippen LogP contribution in [-0.4, -0.2) is 18.4 Å². The summed E-state index contributed by atoms with van der Waals surface area (Å²) in [5, 5.41) is 3.65. The molecule has 4 nitrogen and oxygen atoms in total. The summed E-state index contributed by atoms with van der Waals surface area (Å²) < 4.78 is 0. The lowest BCUT2D eigenvalue weighted by molar-refractivity contribution is -0.117. The Balaban J connectivity index is 1.57. The molecule has 26 heavy (non-hydrogen) atoms. The van der Waals surface area contributed by atoms with Crippen molar-refractivity contribution < 1.29 is 9.59 Å². The van der Waals surface area contributed by atoms with Gasteiger partial charge in [-0.3, -0.25) is 9.59 Å². The predicted molar refractivity (Wildman–Crippen MR) is 103 cm³/mol. The fourth-order valence-electron chi connectivity index (χ4n) is 3.91. The Bertz CT molecular complexity index is 865. The summed E-state index contributed by atoms with van der Waals surface area (Å²) in [6.45, 7) is 0.652. The molecule has 1 heterocycles. The molecule has 0 saturated carbocycles. The Hall–Kier alpha value is -2.33. The maximum Gasteiger partial charge on any atom is 0.251 e. The van der Waals surface area contributed by atoms with E-state index in [1.165, 1.54) is 11.1 Å². The van der Waals surface area contributed by atoms with Gasteiger partial charge in [0.05, 0.1) is 16.8 Å². The zero-order chi connectivity index (χ0) is 18.1. The van der Waals surface area contributed by atoms with Gasteiger partial charge in [0.25, 0.3) is 5.91 Å². The molecule has 1 saturated heterocycles. The van der Waals surface area contributed by atoms with Crippen molar-refractivity contribution in [3.63, 3.8) is 0 Å². The third-order valence-corrected chi connectivity index (χ3v) is 5.57. The van der Waals surface area contributed by atoms with Crippen molar-refractivity contribution in [1.29, 1.82) is 0 Å². The second kappa shape index (κ2) is 7.12. The molecule has 0 spiro atoms. The number of carbonyl (C=O) groups excluding carboxylic acids is 2. The first-order valence-electron chi connectivity index (χ1n) is 9.12. The fraction of sp³-hybridized carbons (Fsp3) is 0.333. The predicted octanol–water partition coefficient (Wildman–Crippen LogP) is 4.27. The Morgan fingerprint density at radius 3 is 2.77 bits per heavy atom. The van der Waals surface area contributed by atoms with E-state index in [2.05, 4.69) is 17.4 Å². The van der Waals surface area contributed by atoms with Gasteiger partial charge in [-0.1, -0.05) is 35.9 Å². The Kier molecular flexibility index (Phi) is 4.68. The smallest absolute Gasteiger partial charge is 0.251 e. The fourth-order valence-corrected chi connectivity index (χ4v) is 4.13. The van der Waals surface area contributed by atoms with Crippen LogP contribution in [-0.2, 0) is 11.2 Å². The number of nitrogens with zero attached hydrogens (tertiary/aromatic N) is 1. The van der Waals surface area contributed by atoms with Gasteiger partial charge >= 0.3 is 0 Å². The molecule has 0 bridgehead atoms. The van der Waals surface area contributed by atoms with Crippen LogP contribution >= 0.6 is 11.6 Å². The molecule has 1 aliphatic carbocycles. The van der Waals surface area contributed by atoms with E-state index in [0.29, 0.717) is 29.2 Å². The van der Waals surface area contributed by atoms with Crippen LogP contribution in [0.3, 0.4) is 0 Å². The van der Waals surface area contributed by atoms with Crippen LogP contribution in [0.5, 0.6) is 0 Å². The number of aryl methyl sites for hydroxylation is 1. The van der Waals surface area contributed by atoms with Gasteiger partial charge in [0, 0.05) is 18.5 Å². The first-order valence-corrected chi connectivity index (χ1v) is 9.50. The largest absolute Gasteiger partial charge is 0.345 e. The van der Waals surface area contributed by atoms with Crippen molar-refractivity contribution >= 4 is 29.1 Å². The monoisotopic (exact) mass is 368 g/mol. The molecular formula is C21H21ClN2O2. The average molecular weight is 369 g/mol. The van der Waals surface area contributed by atoms with Crippen LogP contribution in [0.15, 0.2) is 42.5 Å². The van der Waals surface area contributed by atoms with Crippen LogP contribution in [0.1, 0.15) is 53.2 Å². The third-order valence-electron chi connectivity index (χ3n) is 5.25. The van der Waals surface area contributed by atoms with Gasteiger partial charge in [0.1, 0.15) is 0 Å². The number of nitrogens with one attached hydrogen (secondary N) is 1. The number of rotatable bonds is 3. The molecule has 1 atom stereocenters. The van der Waals surface area contributed by atoms with Crippen LogP contribution in [0.4, 0.5) is 5.69 Å². The van der Waals surface area contributed by atoms with Gasteiger partial charge in [-0.25, -0.2) is 0 Å². The minimum Gasteiger partial charge on any atom is -0.345 e.